The Morgan fingerprint density at radius 2 is 0.886 bits per heavy atom. The van der Waals surface area contributed by atoms with Crippen molar-refractivity contribution in [1.29, 1.82) is 0 Å². The van der Waals surface area contributed by atoms with Crippen molar-refractivity contribution in [2.75, 3.05) is 16.3 Å². The summed E-state index contributed by atoms with van der Waals surface area (Å²) in [5.41, 5.74) is 14.6. The van der Waals surface area contributed by atoms with Crippen LogP contribution < -0.4 is 9.80 Å². The Balaban J connectivity index is 0.930. The van der Waals surface area contributed by atoms with Gasteiger partial charge in [0.05, 0.1) is 0 Å². The second kappa shape index (κ2) is 17.4. The van der Waals surface area contributed by atoms with Crippen molar-refractivity contribution < 1.29 is 0 Å². The number of thiophene rings is 1. The van der Waals surface area contributed by atoms with Gasteiger partial charge in [0.25, 0.3) is 0 Å². The summed E-state index contributed by atoms with van der Waals surface area (Å²) in [6.07, 6.45) is 6.74. The molecule has 0 radical (unpaired) electrons. The van der Waals surface area contributed by atoms with Crippen LogP contribution in [0.5, 0.6) is 0 Å². The van der Waals surface area contributed by atoms with E-state index in [2.05, 4.69) is 265 Å². The molecule has 1 aliphatic rings. The van der Waals surface area contributed by atoms with E-state index in [4.69, 9.17) is 6.58 Å². The lowest BCUT2D eigenvalue weighted by Crippen LogP contribution is -2.18. The van der Waals surface area contributed by atoms with E-state index in [9.17, 15) is 0 Å². The molecule has 70 heavy (non-hydrogen) atoms. The van der Waals surface area contributed by atoms with Crippen LogP contribution in [0.15, 0.2) is 261 Å². The molecule has 330 valence electrons. The number of hydrogen-bond acceptors (Lipinski definition) is 3. The lowest BCUT2D eigenvalue weighted by Gasteiger charge is -2.27. The SMILES string of the molecule is C=C1/C=C(c2ccccc2)\C=C/CN(c2ccc(-c3ccccc3)cc2)c2ccc(-c3ccc(N(c4ccc5sc6ccccc6c5c4)c4ccc5c6ccccc6c6ccccc6c5c4)cc3)cc21. The molecule has 0 saturated heterocycles. The fraction of sp³-hybridized carbons (Fsp3) is 0.0149. The minimum Gasteiger partial charge on any atom is -0.337 e. The van der Waals surface area contributed by atoms with Crippen LogP contribution >= 0.6 is 11.3 Å². The van der Waals surface area contributed by atoms with Crippen molar-refractivity contribution in [3.8, 4) is 22.3 Å². The molecular weight excluding hydrogens is 865 g/mol. The van der Waals surface area contributed by atoms with Crippen LogP contribution in [0.3, 0.4) is 0 Å². The van der Waals surface area contributed by atoms with E-state index >= 15 is 0 Å². The standard InChI is InChI=1S/C67H46N2S/c1-45-41-50(47-17-6-3-7-18-47)19-14-40-68(52-31-26-48(27-32-52)46-15-4-2-5-16-46)65-38-30-51(42-62(45)65)49-28-33-53(34-29-49)69(55-36-39-67-64(44-55)61-24-12-13-25-66(61)70-67)54-35-37-60-58-22-9-8-20-56(58)57-21-10-11-23-59(57)63(60)43-54/h2-39,41-44H,1,40H2/b19-14-,50-41+. The molecule has 3 heteroatoms. The van der Waals surface area contributed by atoms with E-state index in [0.29, 0.717) is 6.54 Å². The summed E-state index contributed by atoms with van der Waals surface area (Å²) in [6, 6.07) is 86.5. The van der Waals surface area contributed by atoms with Gasteiger partial charge in [-0.1, -0.05) is 183 Å². The van der Waals surface area contributed by atoms with Crippen LogP contribution in [0.2, 0.25) is 0 Å². The quantitative estimate of drug-likeness (QED) is 0.147. The molecule has 12 aromatic rings. The largest absolute Gasteiger partial charge is 0.337 e. The molecule has 2 nitrogen and oxygen atoms in total. The molecule has 0 amide bonds. The number of benzene rings is 11. The Labute approximate surface area is 412 Å². The number of allylic oxidation sites excluding steroid dienone is 4. The molecule has 11 aromatic carbocycles. The zero-order chi connectivity index (χ0) is 46.5. The summed E-state index contributed by atoms with van der Waals surface area (Å²) in [6.45, 7) is 5.45. The number of fused-ring (bicyclic) bond motifs is 10. The predicted octanol–water partition coefficient (Wildman–Crippen LogP) is 19.1. The Hall–Kier alpha value is -8.76. The lowest BCUT2D eigenvalue weighted by atomic mass is 9.93. The summed E-state index contributed by atoms with van der Waals surface area (Å²) in [7, 11) is 0. The van der Waals surface area contributed by atoms with Crippen LogP contribution in [0.4, 0.5) is 28.4 Å². The van der Waals surface area contributed by atoms with Gasteiger partial charge in [-0.05, 0) is 150 Å². The first-order chi connectivity index (χ1) is 34.6. The van der Waals surface area contributed by atoms with Gasteiger partial charge < -0.3 is 9.80 Å². The highest BCUT2D eigenvalue weighted by Crippen LogP contribution is 2.45. The highest BCUT2D eigenvalue weighted by molar-refractivity contribution is 7.25. The predicted molar refractivity (Wildman–Crippen MR) is 303 cm³/mol. The minimum atomic E-state index is 0.701. The molecule has 0 saturated carbocycles. The Bertz CT molecular complexity index is 4000. The molecule has 0 unspecified atom stereocenters. The van der Waals surface area contributed by atoms with Crippen LogP contribution in [0, 0.1) is 0 Å². The first kappa shape index (κ1) is 41.4. The van der Waals surface area contributed by atoms with Crippen LogP contribution in [0.1, 0.15) is 11.1 Å². The first-order valence-electron chi connectivity index (χ1n) is 24.0. The maximum atomic E-state index is 4.75. The van der Waals surface area contributed by atoms with Gasteiger partial charge in [0, 0.05) is 60.7 Å². The van der Waals surface area contributed by atoms with Crippen molar-refractivity contribution in [3.05, 3.63) is 273 Å². The lowest BCUT2D eigenvalue weighted by molar-refractivity contribution is 1.09. The zero-order valence-corrected chi connectivity index (χ0v) is 39.3. The van der Waals surface area contributed by atoms with Gasteiger partial charge in [-0.2, -0.15) is 0 Å². The van der Waals surface area contributed by atoms with Gasteiger partial charge in [-0.15, -0.1) is 11.3 Å². The Morgan fingerprint density at radius 3 is 1.59 bits per heavy atom. The highest BCUT2D eigenvalue weighted by atomic mass is 32.1. The highest BCUT2D eigenvalue weighted by Gasteiger charge is 2.20. The number of anilines is 5. The van der Waals surface area contributed by atoms with E-state index in [1.165, 1.54) is 63.6 Å². The number of hydrogen-bond donors (Lipinski definition) is 0. The topological polar surface area (TPSA) is 6.48 Å². The molecular formula is C67H46N2S. The number of rotatable bonds is 7. The molecule has 0 N–H and O–H groups in total. The fourth-order valence-corrected chi connectivity index (χ4v) is 11.6. The van der Waals surface area contributed by atoms with Crippen molar-refractivity contribution in [2.24, 2.45) is 0 Å². The maximum Gasteiger partial charge on any atom is 0.0493 e. The third kappa shape index (κ3) is 7.36. The molecule has 0 atom stereocenters. The molecule has 2 heterocycles. The van der Waals surface area contributed by atoms with Crippen molar-refractivity contribution in [1.82, 2.24) is 0 Å². The monoisotopic (exact) mass is 910 g/mol. The Kier molecular flexibility index (Phi) is 10.3. The summed E-state index contributed by atoms with van der Waals surface area (Å²) in [4.78, 5) is 4.83. The van der Waals surface area contributed by atoms with Gasteiger partial charge in [-0.25, -0.2) is 0 Å². The molecule has 0 fully saturated rings. The van der Waals surface area contributed by atoms with E-state index in [1.54, 1.807) is 0 Å². The maximum absolute atomic E-state index is 4.75. The fourth-order valence-electron chi connectivity index (χ4n) is 10.6. The number of nitrogens with zero attached hydrogens (tertiary/aromatic N) is 2. The molecule has 13 rings (SSSR count). The van der Waals surface area contributed by atoms with Gasteiger partial charge in [0.1, 0.15) is 0 Å². The molecule has 1 aliphatic heterocycles. The minimum absolute atomic E-state index is 0.701. The van der Waals surface area contributed by atoms with Gasteiger partial charge in [0.15, 0.2) is 0 Å². The normalized spacial score (nSPS) is 14.0. The van der Waals surface area contributed by atoms with E-state index in [1.807, 2.05) is 11.3 Å². The average Bonchev–Trinajstić information content (AvgIpc) is 3.83. The second-order valence-corrected chi connectivity index (χ2v) is 19.2. The van der Waals surface area contributed by atoms with Gasteiger partial charge in [0.2, 0.25) is 0 Å². The Morgan fingerprint density at radius 1 is 0.386 bits per heavy atom. The molecule has 1 aromatic heterocycles. The molecule has 0 aliphatic carbocycles. The van der Waals surface area contributed by atoms with Crippen molar-refractivity contribution in [3.63, 3.8) is 0 Å². The third-order valence-corrected chi connectivity index (χ3v) is 15.2. The summed E-state index contributed by atoms with van der Waals surface area (Å²) in [5.74, 6) is 0. The van der Waals surface area contributed by atoms with E-state index in [-0.39, 0.29) is 0 Å². The second-order valence-electron chi connectivity index (χ2n) is 18.1. The summed E-state index contributed by atoms with van der Waals surface area (Å²) < 4.78 is 2.59. The van der Waals surface area contributed by atoms with E-state index in [0.717, 1.165) is 61.8 Å². The molecule has 0 bridgehead atoms. The van der Waals surface area contributed by atoms with Crippen molar-refractivity contribution >= 4 is 103 Å². The van der Waals surface area contributed by atoms with Crippen molar-refractivity contribution in [2.45, 2.75) is 0 Å². The smallest absolute Gasteiger partial charge is 0.0493 e. The molecule has 0 spiro atoms. The van der Waals surface area contributed by atoms with Gasteiger partial charge in [-0.3, -0.25) is 0 Å². The first-order valence-corrected chi connectivity index (χ1v) is 24.8. The van der Waals surface area contributed by atoms with E-state index < -0.39 is 0 Å². The van der Waals surface area contributed by atoms with Gasteiger partial charge >= 0.3 is 0 Å². The van der Waals surface area contributed by atoms with Crippen LogP contribution in [0.25, 0.3) is 85.9 Å². The van der Waals surface area contributed by atoms with Crippen LogP contribution in [-0.2, 0) is 0 Å². The third-order valence-electron chi connectivity index (χ3n) is 14.0. The summed E-state index contributed by atoms with van der Waals surface area (Å²) >= 11 is 1.85. The summed E-state index contributed by atoms with van der Waals surface area (Å²) in [5, 5.41) is 10.1. The zero-order valence-electron chi connectivity index (χ0n) is 38.5. The van der Waals surface area contributed by atoms with Crippen LogP contribution in [-0.4, -0.2) is 6.54 Å². The average molecular weight is 911 g/mol.